The molecule has 0 saturated heterocycles. The normalized spacial score (nSPS) is 10.8. The minimum Gasteiger partial charge on any atom is -0.340 e. The van der Waals surface area contributed by atoms with E-state index in [0.29, 0.717) is 12.1 Å². The van der Waals surface area contributed by atoms with Crippen LogP contribution in [0.5, 0.6) is 0 Å². The predicted molar refractivity (Wildman–Crippen MR) is 120 cm³/mol. The topological polar surface area (TPSA) is 36.4 Å². The maximum absolute atomic E-state index is 13.3. The monoisotopic (exact) mass is 387 g/mol. The summed E-state index contributed by atoms with van der Waals surface area (Å²) >= 11 is 0. The number of hydrogen-bond donors (Lipinski definition) is 0. The highest BCUT2D eigenvalue weighted by Gasteiger charge is 2.20. The van der Waals surface area contributed by atoms with Crippen molar-refractivity contribution in [1.82, 2.24) is 9.88 Å². The van der Waals surface area contributed by atoms with Crippen molar-refractivity contribution in [3.05, 3.63) is 89.7 Å². The standard InChI is InChI=1S/C25H29N3O/c1-5-27(23-13-9-10-20(4)14-23)24-15-22(16-26-17-24)25(29)28(19(2)3)18-21-11-7-6-8-12-21/h6-17,19H,5,18H2,1-4H3. The van der Waals surface area contributed by atoms with Crippen molar-refractivity contribution in [2.45, 2.75) is 40.3 Å². The summed E-state index contributed by atoms with van der Waals surface area (Å²) in [5.74, 6) is -0.00139. The number of benzene rings is 2. The predicted octanol–water partition coefficient (Wildman–Crippen LogP) is 5.60. The minimum atomic E-state index is -0.00139. The van der Waals surface area contributed by atoms with Gasteiger partial charge in [-0.05, 0) is 57.0 Å². The maximum atomic E-state index is 13.3. The number of aryl methyl sites for hydroxylation is 1. The molecular weight excluding hydrogens is 358 g/mol. The Bertz CT molecular complexity index is 953. The highest BCUT2D eigenvalue weighted by Crippen LogP contribution is 2.26. The molecule has 0 N–H and O–H groups in total. The Morgan fingerprint density at radius 1 is 0.966 bits per heavy atom. The van der Waals surface area contributed by atoms with E-state index in [0.717, 1.165) is 23.5 Å². The molecule has 4 nitrogen and oxygen atoms in total. The smallest absolute Gasteiger partial charge is 0.256 e. The highest BCUT2D eigenvalue weighted by molar-refractivity contribution is 5.95. The number of aromatic nitrogens is 1. The molecule has 0 atom stereocenters. The van der Waals surface area contributed by atoms with Gasteiger partial charge in [-0.25, -0.2) is 0 Å². The molecule has 0 unspecified atom stereocenters. The molecule has 0 aliphatic carbocycles. The zero-order chi connectivity index (χ0) is 20.8. The molecule has 2 aromatic carbocycles. The summed E-state index contributed by atoms with van der Waals surface area (Å²) in [6.07, 6.45) is 3.48. The van der Waals surface area contributed by atoms with Gasteiger partial charge in [0, 0.05) is 31.0 Å². The number of amides is 1. The van der Waals surface area contributed by atoms with Crippen LogP contribution in [0.4, 0.5) is 11.4 Å². The molecule has 29 heavy (non-hydrogen) atoms. The lowest BCUT2D eigenvalue weighted by Crippen LogP contribution is -2.36. The third-order valence-electron chi connectivity index (χ3n) is 4.99. The molecule has 0 aliphatic heterocycles. The van der Waals surface area contributed by atoms with E-state index in [1.54, 1.807) is 6.20 Å². The molecule has 1 aromatic heterocycles. The van der Waals surface area contributed by atoms with Crippen molar-refractivity contribution in [3.8, 4) is 0 Å². The summed E-state index contributed by atoms with van der Waals surface area (Å²) in [5, 5.41) is 0. The van der Waals surface area contributed by atoms with Crippen LogP contribution in [0.25, 0.3) is 0 Å². The summed E-state index contributed by atoms with van der Waals surface area (Å²) in [4.78, 5) is 21.8. The van der Waals surface area contributed by atoms with Crippen molar-refractivity contribution in [2.24, 2.45) is 0 Å². The summed E-state index contributed by atoms with van der Waals surface area (Å²) in [6.45, 7) is 9.65. The fraction of sp³-hybridized carbons (Fsp3) is 0.280. The molecule has 0 fully saturated rings. The zero-order valence-electron chi connectivity index (χ0n) is 17.7. The molecule has 0 bridgehead atoms. The second kappa shape index (κ2) is 9.37. The van der Waals surface area contributed by atoms with E-state index in [2.05, 4.69) is 48.0 Å². The molecule has 3 aromatic rings. The van der Waals surface area contributed by atoms with Gasteiger partial charge in [-0.1, -0.05) is 42.5 Å². The number of anilines is 2. The van der Waals surface area contributed by atoms with E-state index in [-0.39, 0.29) is 11.9 Å². The van der Waals surface area contributed by atoms with Crippen LogP contribution in [0, 0.1) is 6.92 Å². The molecule has 3 rings (SSSR count). The molecule has 0 saturated carbocycles. The van der Waals surface area contributed by atoms with Crippen molar-refractivity contribution in [2.75, 3.05) is 11.4 Å². The molecule has 150 valence electrons. The van der Waals surface area contributed by atoms with Crippen molar-refractivity contribution in [1.29, 1.82) is 0 Å². The van der Waals surface area contributed by atoms with E-state index in [9.17, 15) is 4.79 Å². The zero-order valence-corrected chi connectivity index (χ0v) is 17.7. The number of carbonyl (C=O) groups is 1. The second-order valence-electron chi connectivity index (χ2n) is 7.53. The van der Waals surface area contributed by atoms with Crippen molar-refractivity contribution < 1.29 is 4.79 Å². The molecule has 0 radical (unpaired) electrons. The average Bonchev–Trinajstić information content (AvgIpc) is 2.73. The van der Waals surface area contributed by atoms with Gasteiger partial charge in [0.25, 0.3) is 5.91 Å². The molecule has 0 spiro atoms. The number of carbonyl (C=O) groups excluding carboxylic acids is 1. The third-order valence-corrected chi connectivity index (χ3v) is 4.99. The van der Waals surface area contributed by atoms with Gasteiger partial charge in [0.05, 0.1) is 17.4 Å². The van der Waals surface area contributed by atoms with Gasteiger partial charge in [-0.2, -0.15) is 0 Å². The molecular formula is C25H29N3O. The summed E-state index contributed by atoms with van der Waals surface area (Å²) in [5.41, 5.74) is 4.96. The van der Waals surface area contributed by atoms with Crippen LogP contribution in [0.15, 0.2) is 73.1 Å². The van der Waals surface area contributed by atoms with Crippen LogP contribution in [0.1, 0.15) is 42.3 Å². The molecule has 0 aliphatic rings. The van der Waals surface area contributed by atoms with Crippen LogP contribution in [-0.4, -0.2) is 28.4 Å². The minimum absolute atomic E-state index is 0.00139. The van der Waals surface area contributed by atoms with Gasteiger partial charge in [0.1, 0.15) is 0 Å². The van der Waals surface area contributed by atoms with Crippen LogP contribution < -0.4 is 4.90 Å². The lowest BCUT2D eigenvalue weighted by Gasteiger charge is -2.28. The number of rotatable bonds is 7. The molecule has 1 amide bonds. The Labute approximate surface area is 173 Å². The summed E-state index contributed by atoms with van der Waals surface area (Å²) in [7, 11) is 0. The number of nitrogens with zero attached hydrogens (tertiary/aromatic N) is 3. The van der Waals surface area contributed by atoms with E-state index < -0.39 is 0 Å². The lowest BCUT2D eigenvalue weighted by atomic mass is 10.1. The Balaban J connectivity index is 1.89. The van der Waals surface area contributed by atoms with E-state index >= 15 is 0 Å². The van der Waals surface area contributed by atoms with Crippen molar-refractivity contribution >= 4 is 17.3 Å². The largest absolute Gasteiger partial charge is 0.340 e. The second-order valence-corrected chi connectivity index (χ2v) is 7.53. The molecule has 1 heterocycles. The van der Waals surface area contributed by atoms with Crippen LogP contribution in [0.3, 0.4) is 0 Å². The first-order chi connectivity index (χ1) is 14.0. The SMILES string of the molecule is CCN(c1cccc(C)c1)c1cncc(C(=O)N(Cc2ccccc2)C(C)C)c1. The summed E-state index contributed by atoms with van der Waals surface area (Å²) in [6, 6.07) is 20.5. The first kappa shape index (κ1) is 20.6. The Hall–Kier alpha value is -3.14. The van der Waals surface area contributed by atoms with E-state index in [1.807, 2.05) is 61.3 Å². The number of hydrogen-bond acceptors (Lipinski definition) is 3. The highest BCUT2D eigenvalue weighted by atomic mass is 16.2. The maximum Gasteiger partial charge on any atom is 0.256 e. The fourth-order valence-electron chi connectivity index (χ4n) is 3.44. The Morgan fingerprint density at radius 3 is 2.38 bits per heavy atom. The van der Waals surface area contributed by atoms with Crippen molar-refractivity contribution in [3.63, 3.8) is 0 Å². The first-order valence-electron chi connectivity index (χ1n) is 10.1. The fourth-order valence-corrected chi connectivity index (χ4v) is 3.44. The quantitative estimate of drug-likeness (QED) is 0.529. The van der Waals surface area contributed by atoms with Gasteiger partial charge in [-0.15, -0.1) is 0 Å². The van der Waals surface area contributed by atoms with Gasteiger partial charge >= 0.3 is 0 Å². The van der Waals surface area contributed by atoms with Crippen LogP contribution in [-0.2, 0) is 6.54 Å². The Morgan fingerprint density at radius 2 is 1.72 bits per heavy atom. The van der Waals surface area contributed by atoms with Gasteiger partial charge in [-0.3, -0.25) is 9.78 Å². The van der Waals surface area contributed by atoms with Crippen LogP contribution in [0.2, 0.25) is 0 Å². The molecule has 4 heteroatoms. The van der Waals surface area contributed by atoms with E-state index in [1.165, 1.54) is 5.56 Å². The first-order valence-corrected chi connectivity index (χ1v) is 10.1. The van der Waals surface area contributed by atoms with Gasteiger partial charge < -0.3 is 9.80 Å². The van der Waals surface area contributed by atoms with Gasteiger partial charge in [0.2, 0.25) is 0 Å². The van der Waals surface area contributed by atoms with Gasteiger partial charge in [0.15, 0.2) is 0 Å². The van der Waals surface area contributed by atoms with E-state index in [4.69, 9.17) is 0 Å². The summed E-state index contributed by atoms with van der Waals surface area (Å²) < 4.78 is 0. The van der Waals surface area contributed by atoms with Crippen LogP contribution >= 0.6 is 0 Å². The Kier molecular flexibility index (Phi) is 6.65. The number of pyridine rings is 1. The third kappa shape index (κ3) is 5.02. The lowest BCUT2D eigenvalue weighted by molar-refractivity contribution is 0.0690. The average molecular weight is 388 g/mol.